The van der Waals surface area contributed by atoms with Crippen LogP contribution in [0.3, 0.4) is 0 Å². The maximum Gasteiger partial charge on any atom is 0.191 e. The van der Waals surface area contributed by atoms with Crippen molar-refractivity contribution >= 4 is 41.3 Å². The molecule has 1 aromatic heterocycles. The normalized spacial score (nSPS) is 11.0. The number of aromatic nitrogens is 1. The van der Waals surface area contributed by atoms with Crippen LogP contribution >= 0.6 is 35.3 Å². The molecule has 0 saturated heterocycles. The lowest BCUT2D eigenvalue weighted by Crippen LogP contribution is -2.38. The first kappa shape index (κ1) is 18.8. The number of rotatable bonds is 5. The van der Waals surface area contributed by atoms with Gasteiger partial charge in [0, 0.05) is 37.5 Å². The van der Waals surface area contributed by atoms with Gasteiger partial charge in [-0.15, -0.1) is 35.3 Å². The first-order valence-electron chi connectivity index (χ1n) is 6.78. The van der Waals surface area contributed by atoms with Gasteiger partial charge in [0.15, 0.2) is 5.96 Å². The molecule has 1 heterocycles. The molecule has 0 spiro atoms. The second-order valence-electron chi connectivity index (χ2n) is 4.55. The van der Waals surface area contributed by atoms with Crippen molar-refractivity contribution in [1.29, 1.82) is 0 Å². The average molecular weight is 434 g/mol. The highest BCUT2D eigenvalue weighted by molar-refractivity contribution is 14.0. The van der Waals surface area contributed by atoms with Gasteiger partial charge in [0.1, 0.15) is 5.82 Å². The van der Waals surface area contributed by atoms with E-state index in [1.165, 1.54) is 6.07 Å². The Morgan fingerprint density at radius 1 is 1.32 bits per heavy atom. The van der Waals surface area contributed by atoms with Crippen molar-refractivity contribution in [3.63, 3.8) is 0 Å². The van der Waals surface area contributed by atoms with Crippen LogP contribution in [0.15, 0.2) is 34.6 Å². The van der Waals surface area contributed by atoms with E-state index in [4.69, 9.17) is 0 Å². The Morgan fingerprint density at radius 3 is 2.73 bits per heavy atom. The smallest absolute Gasteiger partial charge is 0.191 e. The fourth-order valence-electron chi connectivity index (χ4n) is 1.87. The number of thiazole rings is 1. The minimum atomic E-state index is -0.210. The van der Waals surface area contributed by atoms with Gasteiger partial charge >= 0.3 is 0 Å². The van der Waals surface area contributed by atoms with Crippen molar-refractivity contribution in [1.82, 2.24) is 15.6 Å². The van der Waals surface area contributed by atoms with E-state index < -0.39 is 0 Å². The third kappa shape index (κ3) is 5.88. The highest BCUT2D eigenvalue weighted by Gasteiger charge is 2.03. The maximum atomic E-state index is 13.5. The molecule has 7 heteroatoms. The number of nitrogens with zero attached hydrogens (tertiary/aromatic N) is 2. The lowest BCUT2D eigenvalue weighted by atomic mass is 10.2. The van der Waals surface area contributed by atoms with Gasteiger partial charge in [-0.05, 0) is 13.0 Å². The number of guanidine groups is 1. The Kier molecular flexibility index (Phi) is 8.32. The summed E-state index contributed by atoms with van der Waals surface area (Å²) >= 11 is 1.65. The van der Waals surface area contributed by atoms with Gasteiger partial charge in [0.05, 0.1) is 10.7 Å². The van der Waals surface area contributed by atoms with Gasteiger partial charge in [-0.2, -0.15) is 0 Å². The molecule has 0 radical (unpaired) electrons. The molecule has 120 valence electrons. The number of hydrogen-bond acceptors (Lipinski definition) is 3. The minimum Gasteiger partial charge on any atom is -0.356 e. The summed E-state index contributed by atoms with van der Waals surface area (Å²) < 4.78 is 13.5. The molecule has 0 aliphatic rings. The van der Waals surface area contributed by atoms with Gasteiger partial charge in [-0.1, -0.05) is 18.2 Å². The van der Waals surface area contributed by atoms with E-state index in [1.807, 2.05) is 13.0 Å². The van der Waals surface area contributed by atoms with Crippen molar-refractivity contribution < 1.29 is 4.39 Å². The molecule has 0 aliphatic carbocycles. The number of benzene rings is 1. The summed E-state index contributed by atoms with van der Waals surface area (Å²) in [7, 11) is 1.70. The molecule has 2 rings (SSSR count). The minimum absolute atomic E-state index is 0. The van der Waals surface area contributed by atoms with E-state index >= 15 is 0 Å². The molecule has 2 N–H and O–H groups in total. The second-order valence-corrected chi connectivity index (χ2v) is 5.61. The summed E-state index contributed by atoms with van der Waals surface area (Å²) in [6, 6.07) is 6.72. The van der Waals surface area contributed by atoms with Gasteiger partial charge in [-0.3, -0.25) is 4.99 Å². The summed E-state index contributed by atoms with van der Waals surface area (Å²) in [5.41, 5.74) is 1.70. The Bertz CT molecular complexity index is 615. The van der Waals surface area contributed by atoms with E-state index in [-0.39, 0.29) is 29.8 Å². The molecule has 0 unspecified atom stereocenters. The van der Waals surface area contributed by atoms with Crippen LogP contribution in [-0.2, 0) is 13.0 Å². The van der Waals surface area contributed by atoms with Gasteiger partial charge < -0.3 is 10.6 Å². The molecule has 22 heavy (non-hydrogen) atoms. The summed E-state index contributed by atoms with van der Waals surface area (Å²) in [6.45, 7) is 3.14. The summed E-state index contributed by atoms with van der Waals surface area (Å²) in [6.07, 6.45) is 0.838. The molecule has 0 amide bonds. The zero-order chi connectivity index (χ0) is 15.1. The first-order chi connectivity index (χ1) is 10.2. The fourth-order valence-corrected chi connectivity index (χ4v) is 2.52. The average Bonchev–Trinajstić information content (AvgIpc) is 2.90. The van der Waals surface area contributed by atoms with Crippen molar-refractivity contribution in [3.05, 3.63) is 51.7 Å². The second kappa shape index (κ2) is 9.73. The molecule has 0 fully saturated rings. The molecule has 0 saturated carbocycles. The highest BCUT2D eigenvalue weighted by atomic mass is 127. The SMILES string of the molecule is CN=C(NCCc1csc(C)n1)NCc1ccccc1F.I. The standard InChI is InChI=1S/C15H19FN4S.HI/c1-11-20-13(10-21-11)7-8-18-15(17-2)19-9-12-5-3-4-6-14(12)16;/h3-6,10H,7-9H2,1-2H3,(H2,17,18,19);1H. The first-order valence-corrected chi connectivity index (χ1v) is 7.66. The Balaban J connectivity index is 0.00000242. The van der Waals surface area contributed by atoms with Crippen LogP contribution in [0.5, 0.6) is 0 Å². The van der Waals surface area contributed by atoms with Crippen LogP contribution in [-0.4, -0.2) is 24.5 Å². The third-order valence-corrected chi connectivity index (χ3v) is 3.79. The van der Waals surface area contributed by atoms with Crippen LogP contribution in [0.2, 0.25) is 0 Å². The Hall–Kier alpha value is -1.22. The van der Waals surface area contributed by atoms with Crippen molar-refractivity contribution in [2.45, 2.75) is 19.9 Å². The predicted octanol–water partition coefficient (Wildman–Crippen LogP) is 3.12. The maximum absolute atomic E-state index is 13.5. The fraction of sp³-hybridized carbons (Fsp3) is 0.333. The van der Waals surface area contributed by atoms with Crippen LogP contribution in [0.4, 0.5) is 4.39 Å². The van der Waals surface area contributed by atoms with Crippen molar-refractivity contribution in [2.24, 2.45) is 4.99 Å². The molecular formula is C15H20FIN4S. The van der Waals surface area contributed by atoms with Crippen molar-refractivity contribution in [2.75, 3.05) is 13.6 Å². The monoisotopic (exact) mass is 434 g/mol. The number of aryl methyl sites for hydroxylation is 1. The van der Waals surface area contributed by atoms with Crippen LogP contribution in [0.25, 0.3) is 0 Å². The lowest BCUT2D eigenvalue weighted by Gasteiger charge is -2.11. The van der Waals surface area contributed by atoms with Crippen LogP contribution in [0.1, 0.15) is 16.3 Å². The van der Waals surface area contributed by atoms with Crippen LogP contribution in [0, 0.1) is 12.7 Å². The van der Waals surface area contributed by atoms with Crippen LogP contribution < -0.4 is 10.6 Å². The van der Waals surface area contributed by atoms with E-state index in [1.54, 1.807) is 30.5 Å². The van der Waals surface area contributed by atoms with E-state index in [9.17, 15) is 4.39 Å². The topological polar surface area (TPSA) is 49.3 Å². The summed E-state index contributed by atoms with van der Waals surface area (Å²) in [5.74, 6) is 0.448. The number of hydrogen-bond donors (Lipinski definition) is 2. The zero-order valence-electron chi connectivity index (χ0n) is 12.6. The molecule has 1 aromatic carbocycles. The molecule has 0 aliphatic heterocycles. The summed E-state index contributed by atoms with van der Waals surface area (Å²) in [4.78, 5) is 8.53. The Labute approximate surface area is 151 Å². The number of halogens is 2. The predicted molar refractivity (Wildman–Crippen MR) is 101 cm³/mol. The molecule has 0 bridgehead atoms. The van der Waals surface area contributed by atoms with Gasteiger partial charge in [-0.25, -0.2) is 9.37 Å². The van der Waals surface area contributed by atoms with Crippen molar-refractivity contribution in [3.8, 4) is 0 Å². The quantitative estimate of drug-likeness (QED) is 0.432. The lowest BCUT2D eigenvalue weighted by molar-refractivity contribution is 0.604. The number of aliphatic imine (C=N–C) groups is 1. The third-order valence-electron chi connectivity index (χ3n) is 2.97. The highest BCUT2D eigenvalue weighted by Crippen LogP contribution is 2.08. The van der Waals surface area contributed by atoms with E-state index in [0.29, 0.717) is 18.1 Å². The summed E-state index contributed by atoms with van der Waals surface area (Å²) in [5, 5.41) is 9.44. The van der Waals surface area contributed by atoms with E-state index in [0.717, 1.165) is 23.7 Å². The molecule has 0 atom stereocenters. The number of nitrogens with one attached hydrogen (secondary N) is 2. The zero-order valence-corrected chi connectivity index (χ0v) is 15.7. The molecule has 4 nitrogen and oxygen atoms in total. The van der Waals surface area contributed by atoms with Gasteiger partial charge in [0.2, 0.25) is 0 Å². The molecule has 2 aromatic rings. The Morgan fingerprint density at radius 2 is 2.09 bits per heavy atom. The largest absolute Gasteiger partial charge is 0.356 e. The van der Waals surface area contributed by atoms with E-state index in [2.05, 4.69) is 26.0 Å². The molecular weight excluding hydrogens is 414 g/mol. The van der Waals surface area contributed by atoms with Gasteiger partial charge in [0.25, 0.3) is 0 Å².